The smallest absolute Gasteiger partial charge is 0.243 e. The zero-order valence-corrected chi connectivity index (χ0v) is 17.9. The third-order valence-corrected chi connectivity index (χ3v) is 7.58. The molecule has 2 aromatic rings. The highest BCUT2D eigenvalue weighted by molar-refractivity contribution is 7.89. The molecule has 0 bridgehead atoms. The Morgan fingerprint density at radius 1 is 1.14 bits per heavy atom. The Hall–Kier alpha value is -1.89. The van der Waals surface area contributed by atoms with Gasteiger partial charge in [-0.05, 0) is 68.1 Å². The quantitative estimate of drug-likeness (QED) is 0.750. The highest BCUT2D eigenvalue weighted by Gasteiger charge is 2.34. The second-order valence-corrected chi connectivity index (χ2v) is 9.65. The normalized spacial score (nSPS) is 18.1. The summed E-state index contributed by atoms with van der Waals surface area (Å²) in [7, 11) is -1.89. The summed E-state index contributed by atoms with van der Waals surface area (Å²) in [6.07, 6.45) is 1.34. The topological polar surface area (TPSA) is 57.7 Å². The van der Waals surface area contributed by atoms with Crippen molar-refractivity contribution in [3.05, 3.63) is 58.6 Å². The molecule has 2 aromatic carbocycles. The zero-order chi connectivity index (χ0) is 20.5. The molecule has 3 rings (SSSR count). The third-order valence-electron chi connectivity index (χ3n) is 5.45. The number of sulfonamides is 1. The molecule has 150 valence electrons. The van der Waals surface area contributed by atoms with Crippen molar-refractivity contribution >= 4 is 33.2 Å². The Morgan fingerprint density at radius 2 is 1.82 bits per heavy atom. The Bertz CT molecular complexity index is 974. The molecule has 1 aliphatic rings. The lowest BCUT2D eigenvalue weighted by Crippen LogP contribution is -2.46. The molecule has 1 unspecified atom stereocenters. The van der Waals surface area contributed by atoms with E-state index in [4.69, 9.17) is 11.6 Å². The van der Waals surface area contributed by atoms with Crippen LogP contribution in [0.15, 0.2) is 47.4 Å². The van der Waals surface area contributed by atoms with Crippen LogP contribution in [0.4, 0.5) is 5.69 Å². The first-order valence-corrected chi connectivity index (χ1v) is 11.1. The second kappa shape index (κ2) is 8.23. The van der Waals surface area contributed by atoms with Crippen molar-refractivity contribution in [3.63, 3.8) is 0 Å². The second-order valence-electron chi connectivity index (χ2n) is 7.27. The van der Waals surface area contributed by atoms with Crippen molar-refractivity contribution in [2.45, 2.75) is 31.6 Å². The van der Waals surface area contributed by atoms with E-state index in [9.17, 15) is 13.2 Å². The molecule has 1 fully saturated rings. The molecular weight excluding hydrogens is 396 g/mol. The highest BCUT2D eigenvalue weighted by Crippen LogP contribution is 2.28. The predicted molar refractivity (Wildman–Crippen MR) is 112 cm³/mol. The molecule has 0 radical (unpaired) electrons. The maximum atomic E-state index is 13.1. The summed E-state index contributed by atoms with van der Waals surface area (Å²) in [4.78, 5) is 15.0. The Balaban J connectivity index is 1.80. The fraction of sp³-hybridized carbons (Fsp3) is 0.381. The van der Waals surface area contributed by atoms with Crippen LogP contribution in [0, 0.1) is 19.8 Å². The lowest BCUT2D eigenvalue weighted by molar-refractivity contribution is -0.123. The van der Waals surface area contributed by atoms with E-state index < -0.39 is 10.0 Å². The van der Waals surface area contributed by atoms with Crippen LogP contribution in [0.2, 0.25) is 5.02 Å². The van der Waals surface area contributed by atoms with Gasteiger partial charge in [0, 0.05) is 30.8 Å². The molecular formula is C21H25ClN2O3S. The van der Waals surface area contributed by atoms with Crippen molar-refractivity contribution in [1.82, 2.24) is 4.31 Å². The number of aryl methyl sites for hydroxylation is 1. The minimum Gasteiger partial charge on any atom is -0.315 e. The van der Waals surface area contributed by atoms with E-state index in [2.05, 4.69) is 0 Å². The number of benzene rings is 2. The highest BCUT2D eigenvalue weighted by atomic mass is 35.5. The van der Waals surface area contributed by atoms with Crippen LogP contribution in [-0.2, 0) is 14.8 Å². The molecule has 1 heterocycles. The first-order valence-electron chi connectivity index (χ1n) is 9.31. The van der Waals surface area contributed by atoms with Crippen LogP contribution in [0.25, 0.3) is 0 Å². The SMILES string of the molecule is Cc1cccc(N(C)C(=O)C2CCCN(S(=O)(=O)c3ccc(Cl)cc3)C2)c1C. The summed E-state index contributed by atoms with van der Waals surface area (Å²) in [6, 6.07) is 12.0. The lowest BCUT2D eigenvalue weighted by atomic mass is 9.97. The maximum Gasteiger partial charge on any atom is 0.243 e. The molecule has 0 saturated carbocycles. The molecule has 1 atom stereocenters. The fourth-order valence-electron chi connectivity index (χ4n) is 3.61. The summed E-state index contributed by atoms with van der Waals surface area (Å²) in [5, 5.41) is 0.487. The van der Waals surface area contributed by atoms with E-state index >= 15 is 0 Å². The minimum atomic E-state index is -3.65. The minimum absolute atomic E-state index is 0.0512. The molecule has 0 N–H and O–H groups in total. The zero-order valence-electron chi connectivity index (χ0n) is 16.4. The average Bonchev–Trinajstić information content (AvgIpc) is 2.69. The number of hydrogen-bond donors (Lipinski definition) is 0. The molecule has 1 aliphatic heterocycles. The lowest BCUT2D eigenvalue weighted by Gasteiger charge is -2.33. The van der Waals surface area contributed by atoms with Crippen molar-refractivity contribution in [3.8, 4) is 0 Å². The predicted octanol–water partition coefficient (Wildman–Crippen LogP) is 4.02. The number of nitrogens with zero attached hydrogens (tertiary/aromatic N) is 2. The van der Waals surface area contributed by atoms with E-state index in [1.54, 1.807) is 24.1 Å². The summed E-state index contributed by atoms with van der Waals surface area (Å²) in [6.45, 7) is 4.62. The Morgan fingerprint density at radius 3 is 2.50 bits per heavy atom. The number of hydrogen-bond acceptors (Lipinski definition) is 3. The molecule has 1 saturated heterocycles. The number of carbonyl (C=O) groups excluding carboxylic acids is 1. The first kappa shape index (κ1) is 20.8. The fourth-order valence-corrected chi connectivity index (χ4v) is 5.26. The van der Waals surface area contributed by atoms with E-state index in [0.717, 1.165) is 16.8 Å². The number of rotatable bonds is 4. The molecule has 28 heavy (non-hydrogen) atoms. The number of carbonyl (C=O) groups is 1. The van der Waals surface area contributed by atoms with Gasteiger partial charge < -0.3 is 4.90 Å². The van der Waals surface area contributed by atoms with Gasteiger partial charge in [-0.3, -0.25) is 4.79 Å². The van der Waals surface area contributed by atoms with Crippen LogP contribution in [0.5, 0.6) is 0 Å². The maximum absolute atomic E-state index is 13.1. The van der Waals surface area contributed by atoms with Crippen molar-refractivity contribution < 1.29 is 13.2 Å². The van der Waals surface area contributed by atoms with Gasteiger partial charge in [-0.2, -0.15) is 4.31 Å². The van der Waals surface area contributed by atoms with E-state index in [0.29, 0.717) is 24.4 Å². The van der Waals surface area contributed by atoms with E-state index in [-0.39, 0.29) is 23.3 Å². The number of piperidine rings is 1. The molecule has 0 aliphatic carbocycles. The van der Waals surface area contributed by atoms with Gasteiger partial charge in [0.25, 0.3) is 0 Å². The van der Waals surface area contributed by atoms with Gasteiger partial charge in [0.15, 0.2) is 0 Å². The summed E-state index contributed by atoms with van der Waals surface area (Å²) >= 11 is 5.87. The third kappa shape index (κ3) is 4.09. The summed E-state index contributed by atoms with van der Waals surface area (Å²) in [5.74, 6) is -0.412. The van der Waals surface area contributed by atoms with Crippen LogP contribution in [-0.4, -0.2) is 38.8 Å². The first-order chi connectivity index (χ1) is 13.2. The molecule has 5 nitrogen and oxygen atoms in total. The van der Waals surface area contributed by atoms with Crippen LogP contribution < -0.4 is 4.90 Å². The van der Waals surface area contributed by atoms with Crippen molar-refractivity contribution in [2.75, 3.05) is 25.0 Å². The standard InChI is InChI=1S/C21H25ClN2O3S/c1-15-6-4-8-20(16(15)2)23(3)21(25)17-7-5-13-24(14-17)28(26,27)19-11-9-18(22)10-12-19/h4,6,8-12,17H,5,7,13-14H2,1-3H3. The monoisotopic (exact) mass is 420 g/mol. The van der Waals surface area contributed by atoms with Gasteiger partial charge in [0.05, 0.1) is 10.8 Å². The number of anilines is 1. The number of halogens is 1. The molecule has 7 heteroatoms. The Labute approximate surface area is 172 Å². The summed E-state index contributed by atoms with van der Waals surface area (Å²) < 4.78 is 27.3. The van der Waals surface area contributed by atoms with Crippen molar-refractivity contribution in [1.29, 1.82) is 0 Å². The van der Waals surface area contributed by atoms with Gasteiger partial charge in [0.1, 0.15) is 0 Å². The van der Waals surface area contributed by atoms with E-state index in [1.165, 1.54) is 16.4 Å². The molecule has 1 amide bonds. The van der Waals surface area contributed by atoms with Crippen molar-refractivity contribution in [2.24, 2.45) is 5.92 Å². The van der Waals surface area contributed by atoms with Gasteiger partial charge in [-0.1, -0.05) is 23.7 Å². The molecule has 0 spiro atoms. The van der Waals surface area contributed by atoms with Crippen LogP contribution in [0.3, 0.4) is 0 Å². The summed E-state index contributed by atoms with van der Waals surface area (Å²) in [5.41, 5.74) is 3.04. The van der Waals surface area contributed by atoms with Crippen LogP contribution in [0.1, 0.15) is 24.0 Å². The van der Waals surface area contributed by atoms with Crippen LogP contribution >= 0.6 is 11.6 Å². The van der Waals surface area contributed by atoms with Gasteiger partial charge in [-0.15, -0.1) is 0 Å². The average molecular weight is 421 g/mol. The largest absolute Gasteiger partial charge is 0.315 e. The number of amides is 1. The van der Waals surface area contributed by atoms with Gasteiger partial charge in [0.2, 0.25) is 15.9 Å². The molecule has 0 aromatic heterocycles. The van der Waals surface area contributed by atoms with Gasteiger partial charge in [-0.25, -0.2) is 8.42 Å². The Kier molecular flexibility index (Phi) is 6.12. The van der Waals surface area contributed by atoms with Gasteiger partial charge >= 0.3 is 0 Å². The van der Waals surface area contributed by atoms with E-state index in [1.807, 2.05) is 32.0 Å².